The van der Waals surface area contributed by atoms with Gasteiger partial charge < -0.3 is 19.3 Å². The summed E-state index contributed by atoms with van der Waals surface area (Å²) in [5, 5.41) is 0. The number of methoxy groups -OCH3 is 1. The van der Waals surface area contributed by atoms with Gasteiger partial charge in [-0.2, -0.15) is 0 Å². The molecule has 2 aromatic carbocycles. The SMILES string of the molecule is COc1ccccc1OCC[NH+]1CC[NH+](Cc2ccccc2)CC1. The topological polar surface area (TPSA) is 27.3 Å². The van der Waals surface area contributed by atoms with Gasteiger partial charge in [0.1, 0.15) is 45.9 Å². The van der Waals surface area contributed by atoms with Gasteiger partial charge in [0.05, 0.1) is 7.11 Å². The van der Waals surface area contributed by atoms with E-state index in [4.69, 9.17) is 9.47 Å². The van der Waals surface area contributed by atoms with Crippen molar-refractivity contribution in [2.24, 2.45) is 0 Å². The third-order valence-corrected chi connectivity index (χ3v) is 4.74. The van der Waals surface area contributed by atoms with Gasteiger partial charge in [0, 0.05) is 5.56 Å². The molecule has 0 spiro atoms. The summed E-state index contributed by atoms with van der Waals surface area (Å²) in [6.07, 6.45) is 0. The number of nitrogens with one attached hydrogen (secondary N) is 2. The van der Waals surface area contributed by atoms with Crippen LogP contribution in [0.3, 0.4) is 0 Å². The van der Waals surface area contributed by atoms with Crippen LogP contribution in [-0.2, 0) is 6.54 Å². The molecule has 0 aromatic heterocycles. The normalized spacial score (nSPS) is 20.5. The minimum atomic E-state index is 0.740. The molecule has 128 valence electrons. The van der Waals surface area contributed by atoms with Crippen LogP contribution in [0.1, 0.15) is 5.56 Å². The van der Waals surface area contributed by atoms with Gasteiger partial charge in [-0.25, -0.2) is 0 Å². The third-order valence-electron chi connectivity index (χ3n) is 4.74. The van der Waals surface area contributed by atoms with Crippen molar-refractivity contribution < 1.29 is 19.3 Å². The fourth-order valence-corrected chi connectivity index (χ4v) is 3.31. The van der Waals surface area contributed by atoms with Gasteiger partial charge in [-0.05, 0) is 12.1 Å². The first kappa shape index (κ1) is 16.8. The largest absolute Gasteiger partial charge is 0.493 e. The van der Waals surface area contributed by atoms with Gasteiger partial charge in [-0.1, -0.05) is 42.5 Å². The zero-order valence-corrected chi connectivity index (χ0v) is 14.5. The van der Waals surface area contributed by atoms with E-state index in [1.165, 1.54) is 31.7 Å². The van der Waals surface area contributed by atoms with Crippen molar-refractivity contribution in [1.82, 2.24) is 0 Å². The zero-order chi connectivity index (χ0) is 16.6. The van der Waals surface area contributed by atoms with E-state index in [1.807, 2.05) is 24.3 Å². The summed E-state index contributed by atoms with van der Waals surface area (Å²) in [5.41, 5.74) is 1.44. The number of hydrogen-bond acceptors (Lipinski definition) is 2. The van der Waals surface area contributed by atoms with Crippen molar-refractivity contribution in [3.05, 3.63) is 60.2 Å². The van der Waals surface area contributed by atoms with E-state index < -0.39 is 0 Å². The van der Waals surface area contributed by atoms with Crippen LogP contribution in [0.5, 0.6) is 11.5 Å². The molecule has 0 bridgehead atoms. The highest BCUT2D eigenvalue weighted by Crippen LogP contribution is 2.25. The van der Waals surface area contributed by atoms with Crippen LogP contribution in [0.4, 0.5) is 0 Å². The summed E-state index contributed by atoms with van der Waals surface area (Å²) in [4.78, 5) is 3.33. The minimum Gasteiger partial charge on any atom is -0.493 e. The van der Waals surface area contributed by atoms with Crippen LogP contribution in [0.25, 0.3) is 0 Å². The first-order valence-electron chi connectivity index (χ1n) is 8.82. The Bertz CT molecular complexity index is 610. The molecule has 0 amide bonds. The zero-order valence-electron chi connectivity index (χ0n) is 14.5. The smallest absolute Gasteiger partial charge is 0.161 e. The highest BCUT2D eigenvalue weighted by Gasteiger charge is 2.22. The molecule has 2 N–H and O–H groups in total. The Morgan fingerprint density at radius 2 is 1.42 bits per heavy atom. The van der Waals surface area contributed by atoms with E-state index in [-0.39, 0.29) is 0 Å². The quantitative estimate of drug-likeness (QED) is 0.752. The van der Waals surface area contributed by atoms with E-state index in [0.29, 0.717) is 0 Å². The molecule has 0 aliphatic carbocycles. The molecule has 0 atom stereocenters. The highest BCUT2D eigenvalue weighted by atomic mass is 16.5. The van der Waals surface area contributed by atoms with Gasteiger partial charge in [0.2, 0.25) is 0 Å². The van der Waals surface area contributed by atoms with Crippen molar-refractivity contribution in [2.75, 3.05) is 46.4 Å². The van der Waals surface area contributed by atoms with Crippen LogP contribution in [0.2, 0.25) is 0 Å². The molecule has 4 nitrogen and oxygen atoms in total. The maximum Gasteiger partial charge on any atom is 0.161 e. The van der Waals surface area contributed by atoms with Crippen molar-refractivity contribution >= 4 is 0 Å². The number of piperazine rings is 1. The lowest BCUT2D eigenvalue weighted by molar-refractivity contribution is -1.02. The third kappa shape index (κ3) is 4.73. The highest BCUT2D eigenvalue weighted by molar-refractivity contribution is 5.39. The molecule has 4 heteroatoms. The first-order chi connectivity index (χ1) is 11.8. The van der Waals surface area contributed by atoms with Crippen LogP contribution < -0.4 is 19.3 Å². The molecule has 2 aromatic rings. The predicted molar refractivity (Wildman–Crippen MR) is 94.9 cm³/mol. The summed E-state index contributed by atoms with van der Waals surface area (Å²) < 4.78 is 11.2. The Labute approximate surface area is 144 Å². The second kappa shape index (κ2) is 8.71. The van der Waals surface area contributed by atoms with Crippen molar-refractivity contribution in [1.29, 1.82) is 0 Å². The Kier molecular flexibility index (Phi) is 6.10. The van der Waals surface area contributed by atoms with Crippen molar-refractivity contribution in [2.45, 2.75) is 6.54 Å². The summed E-state index contributed by atoms with van der Waals surface area (Å²) in [7, 11) is 1.68. The molecule has 1 fully saturated rings. The van der Waals surface area contributed by atoms with Gasteiger partial charge in [0.25, 0.3) is 0 Å². The number of rotatable bonds is 7. The molecule has 1 aliphatic rings. The number of quaternary nitrogens is 2. The molecule has 1 saturated heterocycles. The Hall–Kier alpha value is -2.04. The number of benzene rings is 2. The first-order valence-corrected chi connectivity index (χ1v) is 8.82. The van der Waals surface area contributed by atoms with E-state index in [1.54, 1.807) is 16.9 Å². The monoisotopic (exact) mass is 328 g/mol. The summed E-state index contributed by atoms with van der Waals surface area (Å²) in [6, 6.07) is 18.7. The Morgan fingerprint density at radius 3 is 2.12 bits per heavy atom. The molecule has 1 aliphatic heterocycles. The maximum atomic E-state index is 5.90. The van der Waals surface area contributed by atoms with Crippen LogP contribution >= 0.6 is 0 Å². The molecule has 0 saturated carbocycles. The van der Waals surface area contributed by atoms with Gasteiger partial charge >= 0.3 is 0 Å². The maximum absolute atomic E-state index is 5.90. The molecule has 3 rings (SSSR count). The van der Waals surface area contributed by atoms with Gasteiger partial charge in [-0.15, -0.1) is 0 Å². The Balaban J connectivity index is 1.38. The van der Waals surface area contributed by atoms with Crippen molar-refractivity contribution in [3.8, 4) is 11.5 Å². The van der Waals surface area contributed by atoms with Crippen LogP contribution in [-0.4, -0.2) is 46.4 Å². The van der Waals surface area contributed by atoms with Crippen molar-refractivity contribution in [3.63, 3.8) is 0 Å². The Morgan fingerprint density at radius 1 is 0.792 bits per heavy atom. The van der Waals surface area contributed by atoms with Gasteiger partial charge in [0.15, 0.2) is 11.5 Å². The molecule has 0 unspecified atom stereocenters. The van der Waals surface area contributed by atoms with E-state index in [9.17, 15) is 0 Å². The fourth-order valence-electron chi connectivity index (χ4n) is 3.31. The lowest BCUT2D eigenvalue weighted by Gasteiger charge is -2.29. The lowest BCUT2D eigenvalue weighted by Crippen LogP contribution is -3.27. The molecule has 24 heavy (non-hydrogen) atoms. The van der Waals surface area contributed by atoms with Gasteiger partial charge in [-0.3, -0.25) is 0 Å². The molecule has 0 radical (unpaired) electrons. The second-order valence-electron chi connectivity index (χ2n) is 6.41. The summed E-state index contributed by atoms with van der Waals surface area (Å²) in [5.74, 6) is 1.65. The van der Waals surface area contributed by atoms with E-state index >= 15 is 0 Å². The van der Waals surface area contributed by atoms with Crippen LogP contribution in [0.15, 0.2) is 54.6 Å². The predicted octanol–water partition coefficient (Wildman–Crippen LogP) is 0.0576. The average Bonchev–Trinajstić information content (AvgIpc) is 2.64. The standard InChI is InChI=1S/C20H26N2O2/c1-23-19-9-5-6-10-20(19)24-16-15-21-11-13-22(14-12-21)17-18-7-3-2-4-8-18/h2-10H,11-17H2,1H3/p+2. The number of para-hydroxylation sites is 2. The fraction of sp³-hybridized carbons (Fsp3) is 0.400. The number of hydrogen-bond donors (Lipinski definition) is 2. The molecule has 1 heterocycles. The summed E-state index contributed by atoms with van der Waals surface area (Å²) >= 11 is 0. The number of ether oxygens (including phenoxy) is 2. The van der Waals surface area contributed by atoms with Crippen LogP contribution in [0, 0.1) is 0 Å². The minimum absolute atomic E-state index is 0.740. The lowest BCUT2D eigenvalue weighted by atomic mass is 10.2. The van der Waals surface area contributed by atoms with E-state index in [2.05, 4.69) is 30.3 Å². The molecular weight excluding hydrogens is 300 g/mol. The average molecular weight is 328 g/mol. The second-order valence-corrected chi connectivity index (χ2v) is 6.41. The van der Waals surface area contributed by atoms with E-state index in [0.717, 1.165) is 31.2 Å². The summed E-state index contributed by atoms with van der Waals surface area (Å²) in [6.45, 7) is 7.85. The molecular formula is C20H28N2O2+2.